The van der Waals surface area contributed by atoms with Gasteiger partial charge in [0.2, 0.25) is 0 Å². The minimum atomic E-state index is -1.07. The molecule has 3 N–H and O–H groups in total. The van der Waals surface area contributed by atoms with Crippen LogP contribution in [0, 0.1) is 0 Å². The topological polar surface area (TPSA) is 95.1 Å². The Morgan fingerprint density at radius 3 is 2.44 bits per heavy atom. The number of carbonyl (C=O) groups is 2. The van der Waals surface area contributed by atoms with Gasteiger partial charge in [0.05, 0.1) is 0 Å². The van der Waals surface area contributed by atoms with E-state index in [4.69, 9.17) is 5.11 Å². The van der Waals surface area contributed by atoms with Crippen LogP contribution in [0.2, 0.25) is 0 Å². The Labute approximate surface area is 105 Å². The minimum absolute atomic E-state index is 0.129. The summed E-state index contributed by atoms with van der Waals surface area (Å²) in [7, 11) is 0. The number of carboxylic acid groups (broad SMARTS) is 1. The molecule has 1 aliphatic carbocycles. The fraction of sp³-hybridized carbons (Fsp3) is 0.583. The quantitative estimate of drug-likeness (QED) is 0.748. The van der Waals surface area contributed by atoms with Crippen LogP contribution in [0.25, 0.3) is 0 Å². The van der Waals surface area contributed by atoms with Crippen molar-refractivity contribution in [1.29, 1.82) is 0 Å². The van der Waals surface area contributed by atoms with Crippen molar-refractivity contribution in [2.75, 3.05) is 0 Å². The predicted octanol–water partition coefficient (Wildman–Crippen LogP) is 1.05. The number of aromatic nitrogens is 2. The highest BCUT2D eigenvalue weighted by atomic mass is 16.4. The van der Waals surface area contributed by atoms with E-state index in [2.05, 4.69) is 15.5 Å². The zero-order chi connectivity index (χ0) is 13.6. The van der Waals surface area contributed by atoms with Gasteiger partial charge in [-0.1, -0.05) is 20.8 Å². The summed E-state index contributed by atoms with van der Waals surface area (Å²) in [6, 6.07) is 1.66. The Bertz CT molecular complexity index is 495. The maximum Gasteiger partial charge on any atom is 0.329 e. The molecule has 1 heterocycles. The van der Waals surface area contributed by atoms with Crippen LogP contribution in [0.5, 0.6) is 0 Å². The maximum atomic E-state index is 11.9. The van der Waals surface area contributed by atoms with E-state index in [-0.39, 0.29) is 11.1 Å². The molecule has 0 bridgehead atoms. The third-order valence-corrected chi connectivity index (χ3v) is 3.13. The summed E-state index contributed by atoms with van der Waals surface area (Å²) in [6.07, 6.45) is 0.954. The highest BCUT2D eigenvalue weighted by molar-refractivity contribution is 5.97. The number of aromatic amines is 1. The van der Waals surface area contributed by atoms with Gasteiger partial charge in [-0.25, -0.2) is 4.79 Å². The molecule has 6 heteroatoms. The molecule has 1 aromatic heterocycles. The van der Waals surface area contributed by atoms with Crippen LogP contribution in [0.1, 0.15) is 49.8 Å². The number of carbonyl (C=O) groups excluding carboxylic acids is 1. The molecule has 0 saturated heterocycles. The number of nitrogens with zero attached hydrogens (tertiary/aromatic N) is 1. The SMILES string of the molecule is CC(C)(C)c1cc(C(=O)NC2(C(=O)O)CC2)n[nH]1. The molecule has 0 atom stereocenters. The highest BCUT2D eigenvalue weighted by Gasteiger charge is 2.51. The molecule has 0 radical (unpaired) electrons. The molecule has 18 heavy (non-hydrogen) atoms. The summed E-state index contributed by atoms with van der Waals surface area (Å²) in [5.41, 5.74) is -0.131. The average Bonchev–Trinajstić information content (AvgIpc) is 2.85. The highest BCUT2D eigenvalue weighted by Crippen LogP contribution is 2.35. The number of carboxylic acids is 1. The monoisotopic (exact) mass is 251 g/mol. The van der Waals surface area contributed by atoms with Crippen molar-refractivity contribution in [2.24, 2.45) is 0 Å². The van der Waals surface area contributed by atoms with Crippen LogP contribution < -0.4 is 5.32 Å². The van der Waals surface area contributed by atoms with E-state index in [0.29, 0.717) is 12.8 Å². The number of hydrogen-bond acceptors (Lipinski definition) is 3. The van der Waals surface area contributed by atoms with Crippen molar-refractivity contribution < 1.29 is 14.7 Å². The predicted molar refractivity (Wildman–Crippen MR) is 64.4 cm³/mol. The standard InChI is InChI=1S/C12H17N3O3/c1-11(2,3)8-6-7(14-15-8)9(16)13-12(4-5-12)10(17)18/h6H,4-5H2,1-3H3,(H,13,16)(H,14,15)(H,17,18). The van der Waals surface area contributed by atoms with E-state index in [1.165, 1.54) is 0 Å². The van der Waals surface area contributed by atoms with Crippen molar-refractivity contribution in [1.82, 2.24) is 15.5 Å². The minimum Gasteiger partial charge on any atom is -0.480 e. The van der Waals surface area contributed by atoms with Gasteiger partial charge in [-0.3, -0.25) is 9.89 Å². The second kappa shape index (κ2) is 3.83. The van der Waals surface area contributed by atoms with Gasteiger partial charge in [-0.2, -0.15) is 5.10 Å². The molecule has 0 aromatic carbocycles. The van der Waals surface area contributed by atoms with Crippen molar-refractivity contribution >= 4 is 11.9 Å². The fourth-order valence-electron chi connectivity index (χ4n) is 1.62. The van der Waals surface area contributed by atoms with Crippen molar-refractivity contribution in [3.63, 3.8) is 0 Å². The van der Waals surface area contributed by atoms with Gasteiger partial charge in [-0.15, -0.1) is 0 Å². The first-order valence-corrected chi connectivity index (χ1v) is 5.86. The van der Waals surface area contributed by atoms with E-state index < -0.39 is 17.4 Å². The number of rotatable bonds is 3. The van der Waals surface area contributed by atoms with E-state index in [0.717, 1.165) is 5.69 Å². The first kappa shape index (κ1) is 12.6. The average molecular weight is 251 g/mol. The lowest BCUT2D eigenvalue weighted by molar-refractivity contribution is -0.140. The van der Waals surface area contributed by atoms with Gasteiger partial charge in [0.15, 0.2) is 0 Å². The smallest absolute Gasteiger partial charge is 0.329 e. The Morgan fingerprint density at radius 2 is 2.06 bits per heavy atom. The van der Waals surface area contributed by atoms with Crippen LogP contribution >= 0.6 is 0 Å². The Kier molecular flexibility index (Phi) is 2.68. The van der Waals surface area contributed by atoms with Crippen molar-refractivity contribution in [3.05, 3.63) is 17.5 Å². The Morgan fingerprint density at radius 1 is 1.44 bits per heavy atom. The lowest BCUT2D eigenvalue weighted by atomic mass is 9.92. The summed E-state index contributed by atoms with van der Waals surface area (Å²) >= 11 is 0. The van der Waals surface area contributed by atoms with Crippen LogP contribution in [0.15, 0.2) is 6.07 Å². The summed E-state index contributed by atoms with van der Waals surface area (Å²) in [4.78, 5) is 22.9. The molecule has 0 aliphatic heterocycles. The summed E-state index contributed by atoms with van der Waals surface area (Å²) in [5.74, 6) is -1.43. The van der Waals surface area contributed by atoms with E-state index in [1.54, 1.807) is 6.07 Å². The maximum absolute atomic E-state index is 11.9. The molecule has 2 rings (SSSR count). The third-order valence-electron chi connectivity index (χ3n) is 3.13. The Hall–Kier alpha value is -1.85. The van der Waals surface area contributed by atoms with Gasteiger partial charge in [0.25, 0.3) is 5.91 Å². The van der Waals surface area contributed by atoms with Crippen molar-refractivity contribution in [2.45, 2.75) is 44.6 Å². The van der Waals surface area contributed by atoms with Gasteiger partial charge >= 0.3 is 5.97 Å². The van der Waals surface area contributed by atoms with Crippen LogP contribution in [-0.4, -0.2) is 32.7 Å². The van der Waals surface area contributed by atoms with Gasteiger partial charge in [-0.05, 0) is 18.9 Å². The first-order chi connectivity index (χ1) is 8.24. The Balaban J connectivity index is 2.11. The largest absolute Gasteiger partial charge is 0.480 e. The number of nitrogens with one attached hydrogen (secondary N) is 2. The van der Waals surface area contributed by atoms with Crippen LogP contribution in [0.3, 0.4) is 0 Å². The first-order valence-electron chi connectivity index (χ1n) is 5.86. The van der Waals surface area contributed by atoms with E-state index in [9.17, 15) is 9.59 Å². The molecule has 0 unspecified atom stereocenters. The molecular weight excluding hydrogens is 234 g/mol. The number of amides is 1. The molecular formula is C12H17N3O3. The van der Waals surface area contributed by atoms with Gasteiger partial charge in [0, 0.05) is 11.1 Å². The second-order valence-electron chi connectivity index (χ2n) is 5.76. The summed E-state index contributed by atoms with van der Waals surface area (Å²) in [6.45, 7) is 6.01. The normalized spacial score (nSPS) is 17.3. The van der Waals surface area contributed by atoms with Crippen LogP contribution in [0.4, 0.5) is 0 Å². The third kappa shape index (κ3) is 2.23. The zero-order valence-corrected chi connectivity index (χ0v) is 10.7. The molecule has 6 nitrogen and oxygen atoms in total. The number of aliphatic carboxylic acids is 1. The molecule has 1 fully saturated rings. The molecule has 0 spiro atoms. The van der Waals surface area contributed by atoms with Gasteiger partial charge in [0.1, 0.15) is 11.2 Å². The van der Waals surface area contributed by atoms with E-state index >= 15 is 0 Å². The molecule has 1 saturated carbocycles. The van der Waals surface area contributed by atoms with E-state index in [1.807, 2.05) is 20.8 Å². The second-order valence-corrected chi connectivity index (χ2v) is 5.76. The molecule has 1 amide bonds. The lowest BCUT2D eigenvalue weighted by Gasteiger charge is -2.14. The van der Waals surface area contributed by atoms with Gasteiger partial charge < -0.3 is 10.4 Å². The number of H-pyrrole nitrogens is 1. The summed E-state index contributed by atoms with van der Waals surface area (Å²) < 4.78 is 0. The molecule has 1 aliphatic rings. The lowest BCUT2D eigenvalue weighted by Crippen LogP contribution is -2.43. The zero-order valence-electron chi connectivity index (χ0n) is 10.7. The molecule has 1 aromatic rings. The number of hydrogen-bond donors (Lipinski definition) is 3. The molecule has 98 valence electrons. The summed E-state index contributed by atoms with van der Waals surface area (Å²) in [5, 5.41) is 18.2. The van der Waals surface area contributed by atoms with Crippen LogP contribution in [-0.2, 0) is 10.2 Å². The van der Waals surface area contributed by atoms with Crippen molar-refractivity contribution in [3.8, 4) is 0 Å². The fourth-order valence-corrected chi connectivity index (χ4v) is 1.62.